The van der Waals surface area contributed by atoms with Crippen LogP contribution in [-0.2, 0) is 0 Å². The van der Waals surface area contributed by atoms with E-state index >= 15 is 0 Å². The Hall–Kier alpha value is -1.35. The lowest BCUT2D eigenvalue weighted by atomic mass is 10.1. The number of carbonyl (C=O) groups is 1. The highest BCUT2D eigenvalue weighted by atomic mass is 16.1. The fraction of sp³-hybridized carbons (Fsp3) is 0.611. The van der Waals surface area contributed by atoms with Gasteiger partial charge in [0.25, 0.3) is 5.91 Å². The van der Waals surface area contributed by atoms with E-state index in [4.69, 9.17) is 0 Å². The van der Waals surface area contributed by atoms with Crippen LogP contribution >= 0.6 is 0 Å². The zero-order valence-electron chi connectivity index (χ0n) is 13.1. The smallest absolute Gasteiger partial charge is 0.251 e. The van der Waals surface area contributed by atoms with E-state index in [1.165, 1.54) is 25.7 Å². The molecule has 2 aliphatic rings. The SMILES string of the molecule is CC1CCCC1.O=C(NC1CCNCC1)c1ccccc1. The molecule has 0 atom stereocenters. The molecule has 0 bridgehead atoms. The van der Waals surface area contributed by atoms with Gasteiger partial charge in [-0.2, -0.15) is 0 Å². The van der Waals surface area contributed by atoms with Crippen LogP contribution in [0.1, 0.15) is 55.8 Å². The van der Waals surface area contributed by atoms with Gasteiger partial charge in [-0.25, -0.2) is 0 Å². The average Bonchev–Trinajstić information content (AvgIpc) is 3.01. The lowest BCUT2D eigenvalue weighted by molar-refractivity contribution is 0.0929. The summed E-state index contributed by atoms with van der Waals surface area (Å²) < 4.78 is 0. The van der Waals surface area contributed by atoms with Gasteiger partial charge in [0.2, 0.25) is 0 Å². The third kappa shape index (κ3) is 5.88. The van der Waals surface area contributed by atoms with E-state index in [0.29, 0.717) is 6.04 Å². The number of benzene rings is 1. The zero-order valence-corrected chi connectivity index (χ0v) is 13.1. The van der Waals surface area contributed by atoms with E-state index in [2.05, 4.69) is 17.6 Å². The Morgan fingerprint density at radius 2 is 1.67 bits per heavy atom. The summed E-state index contributed by atoms with van der Waals surface area (Å²) in [6.45, 7) is 4.34. The van der Waals surface area contributed by atoms with Crippen LogP contribution < -0.4 is 10.6 Å². The minimum absolute atomic E-state index is 0.0440. The molecule has 1 heterocycles. The molecule has 1 aromatic carbocycles. The van der Waals surface area contributed by atoms with E-state index in [1.807, 2.05) is 30.3 Å². The number of piperidine rings is 1. The molecular weight excluding hydrogens is 260 g/mol. The Bertz CT molecular complexity index is 406. The standard InChI is InChI=1S/C12H16N2O.C6H12/c15-12(10-4-2-1-3-5-10)14-11-6-8-13-9-7-11;1-6-4-2-3-5-6/h1-5,11,13H,6-9H2,(H,14,15);6H,2-5H2,1H3. The summed E-state index contributed by atoms with van der Waals surface area (Å²) in [6.07, 6.45) is 8.00. The van der Waals surface area contributed by atoms with Gasteiger partial charge in [-0.1, -0.05) is 50.8 Å². The van der Waals surface area contributed by atoms with Crippen molar-refractivity contribution in [3.8, 4) is 0 Å². The lowest BCUT2D eigenvalue weighted by Crippen LogP contribution is -2.42. The zero-order chi connectivity index (χ0) is 14.9. The second-order valence-corrected chi connectivity index (χ2v) is 6.25. The van der Waals surface area contributed by atoms with Crippen molar-refractivity contribution in [3.05, 3.63) is 35.9 Å². The average molecular weight is 288 g/mol. The van der Waals surface area contributed by atoms with Gasteiger partial charge in [0.1, 0.15) is 0 Å². The number of rotatable bonds is 2. The number of hydrogen-bond donors (Lipinski definition) is 2. The molecule has 1 aliphatic carbocycles. The van der Waals surface area contributed by atoms with Crippen molar-refractivity contribution in [2.75, 3.05) is 13.1 Å². The van der Waals surface area contributed by atoms with Crippen LogP contribution in [0.25, 0.3) is 0 Å². The summed E-state index contributed by atoms with van der Waals surface area (Å²) in [5.74, 6) is 1.09. The normalized spacial score (nSPS) is 19.7. The predicted octanol–water partition coefficient (Wildman–Crippen LogP) is 3.36. The van der Waals surface area contributed by atoms with Gasteiger partial charge in [0.05, 0.1) is 0 Å². The number of nitrogens with one attached hydrogen (secondary N) is 2. The van der Waals surface area contributed by atoms with Crippen molar-refractivity contribution in [2.45, 2.75) is 51.5 Å². The van der Waals surface area contributed by atoms with Gasteiger partial charge in [-0.05, 0) is 44.0 Å². The van der Waals surface area contributed by atoms with Gasteiger partial charge in [-0.15, -0.1) is 0 Å². The van der Waals surface area contributed by atoms with Crippen LogP contribution in [0.15, 0.2) is 30.3 Å². The first-order valence-electron chi connectivity index (χ1n) is 8.32. The second-order valence-electron chi connectivity index (χ2n) is 6.25. The summed E-state index contributed by atoms with van der Waals surface area (Å²) in [6, 6.07) is 9.71. The van der Waals surface area contributed by atoms with Crippen LogP contribution in [0.5, 0.6) is 0 Å². The van der Waals surface area contributed by atoms with Crippen molar-refractivity contribution in [2.24, 2.45) is 5.92 Å². The van der Waals surface area contributed by atoms with Gasteiger partial charge in [-0.3, -0.25) is 4.79 Å². The molecule has 1 amide bonds. The molecule has 0 aromatic heterocycles. The lowest BCUT2D eigenvalue weighted by Gasteiger charge is -2.23. The van der Waals surface area contributed by atoms with Gasteiger partial charge in [0.15, 0.2) is 0 Å². The van der Waals surface area contributed by atoms with E-state index in [9.17, 15) is 4.79 Å². The molecule has 1 aromatic rings. The van der Waals surface area contributed by atoms with Gasteiger partial charge < -0.3 is 10.6 Å². The molecule has 0 radical (unpaired) electrons. The van der Waals surface area contributed by atoms with E-state index in [-0.39, 0.29) is 5.91 Å². The first-order valence-corrected chi connectivity index (χ1v) is 8.32. The van der Waals surface area contributed by atoms with Crippen LogP contribution in [0.3, 0.4) is 0 Å². The molecule has 2 fully saturated rings. The Balaban J connectivity index is 0.000000225. The third-order valence-electron chi connectivity index (χ3n) is 4.35. The van der Waals surface area contributed by atoms with E-state index < -0.39 is 0 Å². The maximum absolute atomic E-state index is 11.8. The molecular formula is C18H28N2O. The Kier molecular flexibility index (Phi) is 6.74. The van der Waals surface area contributed by atoms with Crippen molar-refractivity contribution < 1.29 is 4.79 Å². The first-order chi connectivity index (χ1) is 10.3. The van der Waals surface area contributed by atoms with E-state index in [1.54, 1.807) is 0 Å². The molecule has 1 saturated carbocycles. The molecule has 2 N–H and O–H groups in total. The highest BCUT2D eigenvalue weighted by Crippen LogP contribution is 2.22. The van der Waals surface area contributed by atoms with E-state index in [0.717, 1.165) is 37.4 Å². The molecule has 3 heteroatoms. The fourth-order valence-electron chi connectivity index (χ4n) is 2.95. The molecule has 3 nitrogen and oxygen atoms in total. The van der Waals surface area contributed by atoms with Crippen LogP contribution in [-0.4, -0.2) is 25.0 Å². The maximum atomic E-state index is 11.8. The first kappa shape index (κ1) is 16.0. The third-order valence-corrected chi connectivity index (χ3v) is 4.35. The van der Waals surface area contributed by atoms with Crippen molar-refractivity contribution in [3.63, 3.8) is 0 Å². The highest BCUT2D eigenvalue weighted by Gasteiger charge is 2.15. The maximum Gasteiger partial charge on any atom is 0.251 e. The fourth-order valence-corrected chi connectivity index (χ4v) is 2.95. The summed E-state index contributed by atoms with van der Waals surface area (Å²) in [4.78, 5) is 11.8. The van der Waals surface area contributed by atoms with Crippen LogP contribution in [0.4, 0.5) is 0 Å². The Labute approximate surface area is 128 Å². The molecule has 0 unspecified atom stereocenters. The topological polar surface area (TPSA) is 41.1 Å². The van der Waals surface area contributed by atoms with Crippen LogP contribution in [0.2, 0.25) is 0 Å². The quantitative estimate of drug-likeness (QED) is 0.876. The molecule has 116 valence electrons. The van der Waals surface area contributed by atoms with Crippen molar-refractivity contribution in [1.82, 2.24) is 10.6 Å². The van der Waals surface area contributed by atoms with Gasteiger partial charge in [0, 0.05) is 11.6 Å². The molecule has 0 spiro atoms. The largest absolute Gasteiger partial charge is 0.349 e. The Morgan fingerprint density at radius 1 is 1.05 bits per heavy atom. The summed E-state index contributed by atoms with van der Waals surface area (Å²) in [7, 11) is 0. The monoisotopic (exact) mass is 288 g/mol. The number of carbonyl (C=O) groups excluding carboxylic acids is 1. The molecule has 21 heavy (non-hydrogen) atoms. The number of amides is 1. The second kappa shape index (κ2) is 8.83. The summed E-state index contributed by atoms with van der Waals surface area (Å²) in [5.41, 5.74) is 0.746. The molecule has 3 rings (SSSR count). The summed E-state index contributed by atoms with van der Waals surface area (Å²) in [5, 5.41) is 6.33. The molecule has 1 saturated heterocycles. The molecule has 1 aliphatic heterocycles. The van der Waals surface area contributed by atoms with Crippen LogP contribution in [0, 0.1) is 5.92 Å². The van der Waals surface area contributed by atoms with Crippen molar-refractivity contribution in [1.29, 1.82) is 0 Å². The Morgan fingerprint density at radius 3 is 2.19 bits per heavy atom. The summed E-state index contributed by atoms with van der Waals surface area (Å²) >= 11 is 0. The minimum atomic E-state index is 0.0440. The predicted molar refractivity (Wildman–Crippen MR) is 87.4 cm³/mol. The van der Waals surface area contributed by atoms with Crippen molar-refractivity contribution >= 4 is 5.91 Å². The minimum Gasteiger partial charge on any atom is -0.349 e. The van der Waals surface area contributed by atoms with Gasteiger partial charge >= 0.3 is 0 Å². The number of hydrogen-bond acceptors (Lipinski definition) is 2. The highest BCUT2D eigenvalue weighted by molar-refractivity contribution is 5.94.